The molecule has 1 amide bonds. The Balaban J connectivity index is 0.000000260. The highest BCUT2D eigenvalue weighted by atomic mass is 35.5. The number of amides is 1. The first-order valence-electron chi connectivity index (χ1n) is 10.0. The second kappa shape index (κ2) is 11.8. The predicted octanol–water partition coefficient (Wildman–Crippen LogP) is 0.249. The third kappa shape index (κ3) is 7.86. The zero-order valence-electron chi connectivity index (χ0n) is 17.7. The molecule has 1 fully saturated rings. The van der Waals surface area contributed by atoms with Gasteiger partial charge in [0.25, 0.3) is 5.91 Å². The van der Waals surface area contributed by atoms with Crippen LogP contribution in [0.15, 0.2) is 18.2 Å². The van der Waals surface area contributed by atoms with E-state index in [4.69, 9.17) is 36.8 Å². The van der Waals surface area contributed by atoms with Crippen molar-refractivity contribution in [2.24, 2.45) is 0 Å². The van der Waals surface area contributed by atoms with Crippen LogP contribution in [0.5, 0.6) is 0 Å². The summed E-state index contributed by atoms with van der Waals surface area (Å²) in [7, 11) is 0. The van der Waals surface area contributed by atoms with Gasteiger partial charge in [-0.25, -0.2) is 4.79 Å². The van der Waals surface area contributed by atoms with Gasteiger partial charge in [-0.3, -0.25) is 19.3 Å². The summed E-state index contributed by atoms with van der Waals surface area (Å²) in [6.07, 6.45) is -2.29. The molecular formula is C20H26ClN3O9. The van der Waals surface area contributed by atoms with Crippen LogP contribution in [0.3, 0.4) is 0 Å². The summed E-state index contributed by atoms with van der Waals surface area (Å²) >= 11 is 5.97. The SMILES string of the molecule is O=C(O)CC(O)(CC(=O)O)C(=O)O.O=C1c2cc(Cl)ccc2NCN1CCN1CCOCC1. The van der Waals surface area contributed by atoms with Crippen LogP contribution >= 0.6 is 11.6 Å². The highest BCUT2D eigenvalue weighted by Crippen LogP contribution is 2.25. The largest absolute Gasteiger partial charge is 0.481 e. The molecule has 0 unspecified atom stereocenters. The molecule has 1 aromatic carbocycles. The summed E-state index contributed by atoms with van der Waals surface area (Å²) in [5, 5.41) is 37.7. The van der Waals surface area contributed by atoms with Gasteiger partial charge >= 0.3 is 17.9 Å². The normalized spacial score (nSPS) is 16.2. The van der Waals surface area contributed by atoms with Crippen molar-refractivity contribution in [3.63, 3.8) is 0 Å². The molecule has 0 radical (unpaired) electrons. The van der Waals surface area contributed by atoms with Gasteiger partial charge < -0.3 is 35.4 Å². The lowest BCUT2D eigenvalue weighted by Gasteiger charge is -2.33. The molecule has 12 nitrogen and oxygen atoms in total. The van der Waals surface area contributed by atoms with Crippen LogP contribution in [0.4, 0.5) is 5.69 Å². The summed E-state index contributed by atoms with van der Waals surface area (Å²) in [6.45, 7) is 5.60. The van der Waals surface area contributed by atoms with Crippen molar-refractivity contribution in [2.75, 3.05) is 51.4 Å². The third-order valence-electron chi connectivity index (χ3n) is 5.03. The maximum atomic E-state index is 12.4. The number of rotatable bonds is 8. The topological polar surface area (TPSA) is 177 Å². The van der Waals surface area contributed by atoms with E-state index in [0.29, 0.717) is 17.3 Å². The number of halogens is 1. The van der Waals surface area contributed by atoms with E-state index in [9.17, 15) is 19.2 Å². The van der Waals surface area contributed by atoms with Gasteiger partial charge in [-0.1, -0.05) is 11.6 Å². The summed E-state index contributed by atoms with van der Waals surface area (Å²) in [5.41, 5.74) is -1.22. The van der Waals surface area contributed by atoms with Gasteiger partial charge in [0.05, 0.1) is 38.3 Å². The molecule has 3 rings (SSSR count). The molecular weight excluding hydrogens is 462 g/mol. The minimum atomic E-state index is -2.74. The molecule has 2 heterocycles. The molecule has 1 aromatic rings. The van der Waals surface area contributed by atoms with Gasteiger partial charge in [0.15, 0.2) is 5.60 Å². The van der Waals surface area contributed by atoms with Crippen molar-refractivity contribution in [2.45, 2.75) is 18.4 Å². The van der Waals surface area contributed by atoms with Crippen LogP contribution < -0.4 is 5.32 Å². The van der Waals surface area contributed by atoms with Gasteiger partial charge in [-0.15, -0.1) is 0 Å². The number of fused-ring (bicyclic) bond motifs is 1. The van der Waals surface area contributed by atoms with Gasteiger partial charge in [0.1, 0.15) is 0 Å². The number of carbonyl (C=O) groups excluding carboxylic acids is 1. The molecule has 182 valence electrons. The zero-order chi connectivity index (χ0) is 24.6. The van der Waals surface area contributed by atoms with Crippen LogP contribution in [-0.2, 0) is 19.1 Å². The van der Waals surface area contributed by atoms with E-state index in [0.717, 1.165) is 45.1 Å². The number of carboxylic acid groups (broad SMARTS) is 3. The quantitative estimate of drug-likeness (QED) is 0.339. The second-order valence-corrected chi connectivity index (χ2v) is 7.96. The summed E-state index contributed by atoms with van der Waals surface area (Å²) in [4.78, 5) is 47.1. The number of nitrogens with one attached hydrogen (secondary N) is 1. The maximum absolute atomic E-state index is 12.4. The van der Waals surface area contributed by atoms with Crippen molar-refractivity contribution >= 4 is 41.1 Å². The Morgan fingerprint density at radius 3 is 2.21 bits per heavy atom. The van der Waals surface area contributed by atoms with Crippen LogP contribution in [0, 0.1) is 0 Å². The Hall–Kier alpha value is -2.93. The fourth-order valence-corrected chi connectivity index (χ4v) is 3.42. The number of carbonyl (C=O) groups is 4. The van der Waals surface area contributed by atoms with E-state index in [1.165, 1.54) is 0 Å². The molecule has 5 N–H and O–H groups in total. The Morgan fingerprint density at radius 2 is 1.67 bits per heavy atom. The van der Waals surface area contributed by atoms with Crippen LogP contribution in [0.1, 0.15) is 23.2 Å². The van der Waals surface area contributed by atoms with E-state index >= 15 is 0 Å². The number of aliphatic hydroxyl groups is 1. The first-order valence-corrected chi connectivity index (χ1v) is 10.4. The number of benzene rings is 1. The lowest BCUT2D eigenvalue weighted by atomic mass is 9.96. The van der Waals surface area contributed by atoms with E-state index in [-0.39, 0.29) is 5.91 Å². The first kappa shape index (κ1) is 26.3. The minimum Gasteiger partial charge on any atom is -0.481 e. The fraction of sp³-hybridized carbons (Fsp3) is 0.500. The number of nitrogens with zero attached hydrogens (tertiary/aromatic N) is 2. The number of ether oxygens (including phenoxy) is 1. The van der Waals surface area contributed by atoms with Crippen LogP contribution in [0.2, 0.25) is 5.02 Å². The molecule has 2 aliphatic heterocycles. The summed E-state index contributed by atoms with van der Waals surface area (Å²) in [6, 6.07) is 5.38. The molecule has 33 heavy (non-hydrogen) atoms. The van der Waals surface area contributed by atoms with Crippen LogP contribution in [-0.4, -0.2) is 106 Å². The smallest absolute Gasteiger partial charge is 0.336 e. The molecule has 0 bridgehead atoms. The highest BCUT2D eigenvalue weighted by Gasteiger charge is 2.40. The lowest BCUT2D eigenvalue weighted by molar-refractivity contribution is -0.170. The standard InChI is InChI=1S/C14H18ClN3O2.C6H8O7/c15-11-1-2-13-12(9-11)14(19)18(10-16-13)4-3-17-5-7-20-8-6-17;7-3(8)1-6(13,5(11)12)2-4(9)10/h1-2,9,16H,3-8,10H2;13H,1-2H2,(H,7,8)(H,9,10)(H,11,12). The summed E-state index contributed by atoms with van der Waals surface area (Å²) < 4.78 is 5.32. The van der Waals surface area contributed by atoms with E-state index in [1.807, 2.05) is 11.0 Å². The molecule has 0 atom stereocenters. The molecule has 1 saturated heterocycles. The Kier molecular flexibility index (Phi) is 9.41. The zero-order valence-corrected chi connectivity index (χ0v) is 18.5. The highest BCUT2D eigenvalue weighted by molar-refractivity contribution is 6.31. The number of aliphatic carboxylic acids is 3. The number of hydrogen-bond acceptors (Lipinski definition) is 8. The average molecular weight is 488 g/mol. The second-order valence-electron chi connectivity index (χ2n) is 7.53. The Labute approximate surface area is 194 Å². The van der Waals surface area contributed by atoms with Gasteiger partial charge in [0.2, 0.25) is 0 Å². The number of anilines is 1. The Bertz CT molecular complexity index is 874. The first-order chi connectivity index (χ1) is 15.5. The van der Waals surface area contributed by atoms with Crippen molar-refractivity contribution in [1.82, 2.24) is 9.80 Å². The lowest BCUT2D eigenvalue weighted by Crippen LogP contribution is -2.46. The van der Waals surface area contributed by atoms with Crippen molar-refractivity contribution in [3.8, 4) is 0 Å². The van der Waals surface area contributed by atoms with Crippen molar-refractivity contribution < 1.29 is 44.3 Å². The van der Waals surface area contributed by atoms with Crippen molar-refractivity contribution in [1.29, 1.82) is 0 Å². The van der Waals surface area contributed by atoms with Gasteiger partial charge in [-0.05, 0) is 18.2 Å². The molecule has 13 heteroatoms. The van der Waals surface area contributed by atoms with Crippen molar-refractivity contribution in [3.05, 3.63) is 28.8 Å². The number of hydrogen-bond donors (Lipinski definition) is 5. The van der Waals surface area contributed by atoms with Gasteiger partial charge in [-0.2, -0.15) is 0 Å². The predicted molar refractivity (Wildman–Crippen MR) is 115 cm³/mol. The summed E-state index contributed by atoms with van der Waals surface area (Å²) in [5.74, 6) is -4.97. The average Bonchev–Trinajstić information content (AvgIpc) is 2.73. The molecule has 0 saturated carbocycles. The molecule has 0 spiro atoms. The molecule has 2 aliphatic rings. The fourth-order valence-electron chi connectivity index (χ4n) is 3.25. The van der Waals surface area contributed by atoms with Gasteiger partial charge in [0, 0.05) is 36.9 Å². The third-order valence-corrected chi connectivity index (χ3v) is 5.27. The molecule has 0 aliphatic carbocycles. The number of carboxylic acids is 3. The van der Waals surface area contributed by atoms with Crippen LogP contribution in [0.25, 0.3) is 0 Å². The number of morpholine rings is 1. The van der Waals surface area contributed by atoms with E-state index in [1.54, 1.807) is 12.1 Å². The maximum Gasteiger partial charge on any atom is 0.336 e. The van der Waals surface area contributed by atoms with E-state index < -0.39 is 36.4 Å². The molecule has 0 aromatic heterocycles. The van der Waals surface area contributed by atoms with E-state index in [2.05, 4.69) is 10.2 Å². The minimum absolute atomic E-state index is 0.0505. The Morgan fingerprint density at radius 1 is 1.06 bits per heavy atom. The monoisotopic (exact) mass is 487 g/mol.